The van der Waals surface area contributed by atoms with Crippen LogP contribution in [0.1, 0.15) is 63.5 Å². The van der Waals surface area contributed by atoms with Gasteiger partial charge in [-0.25, -0.2) is 4.39 Å². The van der Waals surface area contributed by atoms with Crippen LogP contribution in [0.15, 0.2) is 48.5 Å². The summed E-state index contributed by atoms with van der Waals surface area (Å²) >= 11 is 0. The van der Waals surface area contributed by atoms with Crippen LogP contribution in [0.25, 0.3) is 0 Å². The van der Waals surface area contributed by atoms with Crippen LogP contribution in [-0.2, 0) is 16.8 Å². The summed E-state index contributed by atoms with van der Waals surface area (Å²) < 4.78 is 19.2. The molecule has 5 fully saturated rings. The molecule has 0 spiro atoms. The second-order valence-corrected chi connectivity index (χ2v) is 12.3. The summed E-state index contributed by atoms with van der Waals surface area (Å²) in [6.45, 7) is 6.56. The second kappa shape index (κ2) is 9.48. The van der Waals surface area contributed by atoms with Gasteiger partial charge >= 0.3 is 0 Å². The van der Waals surface area contributed by atoms with Gasteiger partial charge in [-0.3, -0.25) is 9.69 Å². The maximum atomic E-state index is 13.2. The van der Waals surface area contributed by atoms with Crippen molar-refractivity contribution >= 4 is 5.91 Å². The van der Waals surface area contributed by atoms with Crippen molar-refractivity contribution in [3.63, 3.8) is 0 Å². The van der Waals surface area contributed by atoms with Gasteiger partial charge in [-0.05, 0) is 111 Å². The molecule has 0 radical (unpaired) electrons. The van der Waals surface area contributed by atoms with Gasteiger partial charge in [0.15, 0.2) is 6.61 Å². The van der Waals surface area contributed by atoms with E-state index in [0.717, 1.165) is 42.2 Å². The normalized spacial score (nSPS) is 33.6. The summed E-state index contributed by atoms with van der Waals surface area (Å²) in [6, 6.07) is 15.7. The van der Waals surface area contributed by atoms with Crippen molar-refractivity contribution in [2.24, 2.45) is 17.8 Å². The van der Waals surface area contributed by atoms with Crippen LogP contribution >= 0.6 is 0 Å². The molecule has 4 nitrogen and oxygen atoms in total. The summed E-state index contributed by atoms with van der Waals surface area (Å²) in [5.74, 6) is 3.42. The molecule has 1 aliphatic heterocycles. The standard InChI is InChI=1S/C31H39FN2O2/c1-21-18-34(22(2)17-33(21)19-23-3-7-28(32)8-4-23)30(35)20-36-29-9-5-27(6-10-29)31-14-24-11-25(15-31)13-26(12-24)16-31/h3-10,21-22,24-26H,11-20H2,1-2H3/t21-,22+,24?,25?,26?,31?/m1/s1. The van der Waals surface area contributed by atoms with Crippen LogP contribution in [0.3, 0.4) is 0 Å². The molecule has 0 unspecified atom stereocenters. The van der Waals surface area contributed by atoms with Crippen molar-refractivity contribution in [3.8, 4) is 5.75 Å². The molecule has 36 heavy (non-hydrogen) atoms. The second-order valence-electron chi connectivity index (χ2n) is 12.3. The molecule has 192 valence electrons. The van der Waals surface area contributed by atoms with Crippen molar-refractivity contribution in [1.29, 1.82) is 0 Å². The third-order valence-corrected chi connectivity index (χ3v) is 9.60. The Hall–Kier alpha value is -2.40. The Morgan fingerprint density at radius 2 is 1.50 bits per heavy atom. The van der Waals surface area contributed by atoms with Crippen LogP contribution in [0.2, 0.25) is 0 Å². The number of amides is 1. The maximum absolute atomic E-state index is 13.2. The molecular formula is C31H39FN2O2. The summed E-state index contributed by atoms with van der Waals surface area (Å²) in [4.78, 5) is 17.4. The third kappa shape index (κ3) is 4.67. The van der Waals surface area contributed by atoms with Gasteiger partial charge in [0.05, 0.1) is 0 Å². The number of hydrogen-bond acceptors (Lipinski definition) is 3. The Balaban J connectivity index is 1.03. The number of piperazine rings is 1. The third-order valence-electron chi connectivity index (χ3n) is 9.60. The molecule has 0 aromatic heterocycles. The number of rotatable bonds is 6. The largest absolute Gasteiger partial charge is 0.484 e. The molecule has 2 aromatic carbocycles. The van der Waals surface area contributed by atoms with Crippen molar-refractivity contribution in [1.82, 2.24) is 9.80 Å². The van der Waals surface area contributed by atoms with Gasteiger partial charge < -0.3 is 9.64 Å². The van der Waals surface area contributed by atoms with Crippen molar-refractivity contribution in [2.45, 2.75) is 76.4 Å². The fraction of sp³-hybridized carbons (Fsp3) is 0.581. The molecule has 2 aromatic rings. The number of nitrogens with zero attached hydrogens (tertiary/aromatic N) is 2. The molecule has 5 heteroatoms. The molecule has 5 aliphatic rings. The molecule has 1 saturated heterocycles. The number of hydrogen-bond donors (Lipinski definition) is 0. The maximum Gasteiger partial charge on any atom is 0.260 e. The van der Waals surface area contributed by atoms with E-state index in [9.17, 15) is 9.18 Å². The van der Waals surface area contributed by atoms with E-state index in [4.69, 9.17) is 4.74 Å². The lowest BCUT2D eigenvalue weighted by atomic mass is 9.48. The van der Waals surface area contributed by atoms with Crippen LogP contribution in [-0.4, -0.2) is 47.5 Å². The Kier molecular flexibility index (Phi) is 6.31. The van der Waals surface area contributed by atoms with Gasteiger partial charge in [-0.1, -0.05) is 24.3 Å². The van der Waals surface area contributed by atoms with E-state index in [1.807, 2.05) is 17.0 Å². The van der Waals surface area contributed by atoms with Gasteiger partial charge in [-0.2, -0.15) is 0 Å². The lowest BCUT2D eigenvalue weighted by molar-refractivity contribution is -0.139. The van der Waals surface area contributed by atoms with Gasteiger partial charge in [0, 0.05) is 31.7 Å². The zero-order chi connectivity index (χ0) is 24.9. The summed E-state index contributed by atoms with van der Waals surface area (Å²) in [5, 5.41) is 0. The van der Waals surface area contributed by atoms with Crippen LogP contribution in [0.5, 0.6) is 5.75 Å². The lowest BCUT2D eigenvalue weighted by Gasteiger charge is -2.57. The molecule has 1 heterocycles. The highest BCUT2D eigenvalue weighted by molar-refractivity contribution is 5.78. The van der Waals surface area contributed by atoms with Crippen molar-refractivity contribution in [2.75, 3.05) is 19.7 Å². The van der Waals surface area contributed by atoms with Crippen LogP contribution < -0.4 is 4.74 Å². The van der Waals surface area contributed by atoms with E-state index in [2.05, 4.69) is 43.0 Å². The number of carbonyl (C=O) groups is 1. The fourth-order valence-corrected chi connectivity index (χ4v) is 8.19. The minimum absolute atomic E-state index is 0.0425. The van der Waals surface area contributed by atoms with E-state index in [-0.39, 0.29) is 30.4 Å². The van der Waals surface area contributed by atoms with Crippen LogP contribution in [0, 0.1) is 23.6 Å². The lowest BCUT2D eigenvalue weighted by Crippen LogP contribution is -2.58. The minimum Gasteiger partial charge on any atom is -0.484 e. The van der Waals surface area contributed by atoms with E-state index in [1.165, 1.54) is 56.2 Å². The molecule has 4 saturated carbocycles. The average molecular weight is 491 g/mol. The number of carbonyl (C=O) groups excluding carboxylic acids is 1. The van der Waals surface area contributed by atoms with E-state index in [1.54, 1.807) is 0 Å². The smallest absolute Gasteiger partial charge is 0.260 e. The highest BCUT2D eigenvalue weighted by atomic mass is 19.1. The van der Waals surface area contributed by atoms with Crippen LogP contribution in [0.4, 0.5) is 4.39 Å². The van der Waals surface area contributed by atoms with Crippen molar-refractivity contribution < 1.29 is 13.9 Å². The summed E-state index contributed by atoms with van der Waals surface area (Å²) in [7, 11) is 0. The molecule has 1 amide bonds. The topological polar surface area (TPSA) is 32.8 Å². The van der Waals surface area contributed by atoms with E-state index >= 15 is 0 Å². The molecule has 7 rings (SSSR count). The first kappa shape index (κ1) is 24.0. The fourth-order valence-electron chi connectivity index (χ4n) is 8.19. The number of halogens is 1. The van der Waals surface area contributed by atoms with E-state index < -0.39 is 0 Å². The Labute approximate surface area is 214 Å². The highest BCUT2D eigenvalue weighted by Gasteiger charge is 2.51. The Morgan fingerprint density at radius 1 is 0.889 bits per heavy atom. The zero-order valence-electron chi connectivity index (χ0n) is 21.7. The van der Waals surface area contributed by atoms with Gasteiger partial charge in [0.25, 0.3) is 5.91 Å². The predicted molar refractivity (Wildman–Crippen MR) is 139 cm³/mol. The highest BCUT2D eigenvalue weighted by Crippen LogP contribution is 2.60. The Morgan fingerprint density at radius 3 is 2.11 bits per heavy atom. The zero-order valence-corrected chi connectivity index (χ0v) is 21.7. The first-order valence-corrected chi connectivity index (χ1v) is 13.9. The summed E-state index contributed by atoms with van der Waals surface area (Å²) in [6.07, 6.45) is 8.46. The van der Waals surface area contributed by atoms with Crippen molar-refractivity contribution in [3.05, 3.63) is 65.5 Å². The SMILES string of the molecule is C[C@@H]1CN(C(=O)COc2ccc(C34CC5CC(CC(C5)C3)C4)cc2)[C@@H](C)CN1Cc1ccc(F)cc1. The Bertz CT molecular complexity index is 1050. The average Bonchev–Trinajstić information content (AvgIpc) is 2.85. The first-order chi connectivity index (χ1) is 17.4. The first-order valence-electron chi connectivity index (χ1n) is 13.9. The number of ether oxygens (including phenoxy) is 1. The molecule has 0 N–H and O–H groups in total. The predicted octanol–water partition coefficient (Wildman–Crippen LogP) is 5.79. The van der Waals surface area contributed by atoms with Gasteiger partial charge in [-0.15, -0.1) is 0 Å². The quantitative estimate of drug-likeness (QED) is 0.514. The van der Waals surface area contributed by atoms with Gasteiger partial charge in [0.2, 0.25) is 0 Å². The molecule has 4 aliphatic carbocycles. The van der Waals surface area contributed by atoms with Gasteiger partial charge in [0.1, 0.15) is 11.6 Å². The number of benzene rings is 2. The molecular weight excluding hydrogens is 451 g/mol. The molecule has 2 atom stereocenters. The molecule has 4 bridgehead atoms. The van der Waals surface area contributed by atoms with E-state index in [0.29, 0.717) is 12.0 Å². The summed E-state index contributed by atoms with van der Waals surface area (Å²) in [5.41, 5.74) is 2.97. The minimum atomic E-state index is -0.210. The monoisotopic (exact) mass is 490 g/mol.